The summed E-state index contributed by atoms with van der Waals surface area (Å²) in [4.78, 5) is 7.20. The molecule has 1 aliphatic rings. The minimum absolute atomic E-state index is 0.818. The van der Waals surface area contributed by atoms with Crippen LogP contribution in [0.15, 0.2) is 4.99 Å². The Morgan fingerprint density at radius 3 is 2.50 bits per heavy atom. The van der Waals surface area contributed by atoms with Crippen LogP contribution in [0.3, 0.4) is 0 Å². The Hall–Kier alpha value is -0.810. The number of rotatable bonds is 12. The minimum atomic E-state index is 0.818. The minimum Gasteiger partial charge on any atom is -0.381 e. The predicted octanol–water partition coefficient (Wildman–Crippen LogP) is 2.87. The van der Waals surface area contributed by atoms with Crippen molar-refractivity contribution in [3.63, 3.8) is 0 Å². The molecule has 0 spiro atoms. The van der Waals surface area contributed by atoms with Crippen LogP contribution >= 0.6 is 0 Å². The Labute approximate surface area is 149 Å². The number of hydrogen-bond acceptors (Lipinski definition) is 3. The molecule has 0 aromatic heterocycles. The normalized spacial score (nSPS) is 17.2. The van der Waals surface area contributed by atoms with Gasteiger partial charge in [0.2, 0.25) is 0 Å². The third-order valence-electron chi connectivity index (χ3n) is 4.70. The molecule has 1 rings (SSSR count). The van der Waals surface area contributed by atoms with E-state index in [9.17, 15) is 0 Å². The fourth-order valence-corrected chi connectivity index (χ4v) is 3.03. The van der Waals surface area contributed by atoms with Crippen molar-refractivity contribution in [3.8, 4) is 0 Å². The maximum Gasteiger partial charge on any atom is 0.191 e. The monoisotopic (exact) mass is 340 g/mol. The molecule has 0 unspecified atom stereocenters. The van der Waals surface area contributed by atoms with Gasteiger partial charge in [0.25, 0.3) is 0 Å². The number of nitrogens with one attached hydrogen (secondary N) is 2. The second kappa shape index (κ2) is 14.5. The number of unbranched alkanes of at least 4 members (excludes halogenated alkanes) is 1. The van der Waals surface area contributed by atoms with Crippen LogP contribution in [-0.2, 0) is 4.74 Å². The van der Waals surface area contributed by atoms with Crippen molar-refractivity contribution in [2.45, 2.75) is 59.3 Å². The van der Waals surface area contributed by atoms with Crippen LogP contribution in [0.1, 0.15) is 59.3 Å². The average Bonchev–Trinajstić information content (AvgIpc) is 2.61. The van der Waals surface area contributed by atoms with Crippen LogP contribution in [0.25, 0.3) is 0 Å². The molecule has 0 saturated carbocycles. The van der Waals surface area contributed by atoms with Gasteiger partial charge in [0.05, 0.1) is 0 Å². The van der Waals surface area contributed by atoms with Crippen molar-refractivity contribution in [2.75, 3.05) is 52.5 Å². The molecule has 0 bridgehead atoms. The highest BCUT2D eigenvalue weighted by Gasteiger charge is 2.17. The van der Waals surface area contributed by atoms with Crippen molar-refractivity contribution in [1.29, 1.82) is 0 Å². The third-order valence-corrected chi connectivity index (χ3v) is 4.70. The van der Waals surface area contributed by atoms with Crippen LogP contribution < -0.4 is 10.6 Å². The molecule has 1 heterocycles. The van der Waals surface area contributed by atoms with Gasteiger partial charge in [-0.3, -0.25) is 4.99 Å². The van der Waals surface area contributed by atoms with E-state index in [4.69, 9.17) is 4.74 Å². The largest absolute Gasteiger partial charge is 0.381 e. The molecule has 0 aromatic rings. The summed E-state index contributed by atoms with van der Waals surface area (Å²) in [6, 6.07) is 0. The van der Waals surface area contributed by atoms with Crippen LogP contribution in [0.2, 0.25) is 0 Å². The third kappa shape index (κ3) is 10.1. The zero-order valence-electron chi connectivity index (χ0n) is 16.3. The maximum atomic E-state index is 5.58. The Morgan fingerprint density at radius 1 is 1.08 bits per heavy atom. The molecule has 142 valence electrons. The number of guanidine groups is 1. The zero-order chi connectivity index (χ0) is 17.5. The van der Waals surface area contributed by atoms with Crippen LogP contribution in [-0.4, -0.2) is 63.3 Å². The number of piperidine rings is 1. The van der Waals surface area contributed by atoms with E-state index in [1.165, 1.54) is 45.3 Å². The first-order chi connectivity index (χ1) is 11.8. The number of likely N-dealkylation sites (tertiary alicyclic amines) is 1. The molecule has 24 heavy (non-hydrogen) atoms. The van der Waals surface area contributed by atoms with Gasteiger partial charge >= 0.3 is 0 Å². The van der Waals surface area contributed by atoms with Gasteiger partial charge < -0.3 is 20.3 Å². The first-order valence-electron chi connectivity index (χ1n) is 10.1. The average molecular weight is 341 g/mol. The van der Waals surface area contributed by atoms with Crippen molar-refractivity contribution in [2.24, 2.45) is 10.9 Å². The number of aliphatic imine (C=N–C) groups is 1. The highest BCUT2D eigenvalue weighted by Crippen LogP contribution is 2.19. The van der Waals surface area contributed by atoms with Crippen LogP contribution in [0.4, 0.5) is 0 Å². The van der Waals surface area contributed by atoms with E-state index in [2.05, 4.69) is 41.3 Å². The molecule has 0 aliphatic carbocycles. The summed E-state index contributed by atoms with van der Waals surface area (Å²) in [5.74, 6) is 1.83. The first kappa shape index (κ1) is 21.2. The molecule has 1 aliphatic heterocycles. The van der Waals surface area contributed by atoms with Gasteiger partial charge in [0, 0.05) is 32.8 Å². The zero-order valence-corrected chi connectivity index (χ0v) is 16.3. The lowest BCUT2D eigenvalue weighted by Crippen LogP contribution is -2.39. The van der Waals surface area contributed by atoms with E-state index in [1.807, 2.05) is 0 Å². The van der Waals surface area contributed by atoms with E-state index >= 15 is 0 Å². The first-order valence-corrected chi connectivity index (χ1v) is 10.1. The van der Waals surface area contributed by atoms with E-state index in [1.54, 1.807) is 0 Å². The second-order valence-corrected chi connectivity index (χ2v) is 6.67. The molecule has 5 heteroatoms. The van der Waals surface area contributed by atoms with Gasteiger partial charge in [0.1, 0.15) is 0 Å². The molecular weight excluding hydrogens is 300 g/mol. The summed E-state index contributed by atoms with van der Waals surface area (Å²) in [6.45, 7) is 14.8. The number of nitrogens with zero attached hydrogens (tertiary/aromatic N) is 2. The Morgan fingerprint density at radius 2 is 1.83 bits per heavy atom. The van der Waals surface area contributed by atoms with E-state index in [0.29, 0.717) is 0 Å². The topological polar surface area (TPSA) is 48.9 Å². The molecule has 0 aromatic carbocycles. The van der Waals surface area contributed by atoms with Crippen LogP contribution in [0.5, 0.6) is 0 Å². The predicted molar refractivity (Wildman–Crippen MR) is 104 cm³/mol. The smallest absolute Gasteiger partial charge is 0.191 e. The highest BCUT2D eigenvalue weighted by atomic mass is 16.5. The summed E-state index contributed by atoms with van der Waals surface area (Å²) in [7, 11) is 0. The standard InChI is InChI=1S/C19H40N4O/c1-4-7-16-24-17-8-12-21-19(20-5-2)22-13-9-18-10-14-23(6-3)15-11-18/h18H,4-17H2,1-3H3,(H2,20,21,22). The number of hydrogen-bond donors (Lipinski definition) is 2. The van der Waals surface area contributed by atoms with Gasteiger partial charge in [-0.1, -0.05) is 20.3 Å². The SMILES string of the molecule is CCCCOCCCN=C(NCC)NCCC1CCN(CC)CC1. The quantitative estimate of drug-likeness (QED) is 0.326. The van der Waals surface area contributed by atoms with Gasteiger partial charge in [-0.2, -0.15) is 0 Å². The fourth-order valence-electron chi connectivity index (χ4n) is 3.03. The lowest BCUT2D eigenvalue weighted by Gasteiger charge is -2.31. The summed E-state index contributed by atoms with van der Waals surface area (Å²) >= 11 is 0. The van der Waals surface area contributed by atoms with Gasteiger partial charge in [-0.15, -0.1) is 0 Å². The van der Waals surface area contributed by atoms with Crippen molar-refractivity contribution < 1.29 is 4.74 Å². The molecule has 1 fully saturated rings. The van der Waals surface area contributed by atoms with Crippen molar-refractivity contribution in [1.82, 2.24) is 15.5 Å². The van der Waals surface area contributed by atoms with Gasteiger partial charge in [-0.05, 0) is 64.6 Å². The Bertz CT molecular complexity index is 314. The second-order valence-electron chi connectivity index (χ2n) is 6.67. The molecule has 5 nitrogen and oxygen atoms in total. The Kier molecular flexibility index (Phi) is 12.9. The molecule has 0 radical (unpaired) electrons. The molecule has 0 amide bonds. The molecule has 2 N–H and O–H groups in total. The Balaban J connectivity index is 2.12. The summed E-state index contributed by atoms with van der Waals surface area (Å²) in [5.41, 5.74) is 0. The molecular formula is C19H40N4O. The maximum absolute atomic E-state index is 5.58. The summed E-state index contributed by atoms with van der Waals surface area (Å²) < 4.78 is 5.58. The van der Waals surface area contributed by atoms with Gasteiger partial charge in [-0.25, -0.2) is 0 Å². The fraction of sp³-hybridized carbons (Fsp3) is 0.947. The van der Waals surface area contributed by atoms with Crippen molar-refractivity contribution in [3.05, 3.63) is 0 Å². The summed E-state index contributed by atoms with van der Waals surface area (Å²) in [6.07, 6.45) is 7.29. The lowest BCUT2D eigenvalue weighted by molar-refractivity contribution is 0.130. The lowest BCUT2D eigenvalue weighted by atomic mass is 9.93. The number of ether oxygens (including phenoxy) is 1. The van der Waals surface area contributed by atoms with Gasteiger partial charge in [0.15, 0.2) is 5.96 Å². The van der Waals surface area contributed by atoms with E-state index in [-0.39, 0.29) is 0 Å². The van der Waals surface area contributed by atoms with E-state index in [0.717, 1.165) is 57.6 Å². The molecule has 1 saturated heterocycles. The van der Waals surface area contributed by atoms with Crippen LogP contribution in [0, 0.1) is 5.92 Å². The van der Waals surface area contributed by atoms with Crippen molar-refractivity contribution >= 4 is 5.96 Å². The van der Waals surface area contributed by atoms with E-state index < -0.39 is 0 Å². The summed E-state index contributed by atoms with van der Waals surface area (Å²) in [5, 5.41) is 6.83. The molecule has 0 atom stereocenters. The highest BCUT2D eigenvalue weighted by molar-refractivity contribution is 5.79.